The van der Waals surface area contributed by atoms with Crippen LogP contribution in [0.3, 0.4) is 0 Å². The van der Waals surface area contributed by atoms with Crippen LogP contribution in [0.4, 0.5) is 54.5 Å². The van der Waals surface area contributed by atoms with Crippen molar-refractivity contribution in [2.45, 2.75) is 121 Å². The Morgan fingerprint density at radius 3 is 2.09 bits per heavy atom. The van der Waals surface area contributed by atoms with E-state index in [1.54, 1.807) is 20.1 Å². The minimum atomic E-state index is -5.19. The molecule has 0 aliphatic heterocycles. The molecular weight excluding hydrogens is 1080 g/mol. The predicted octanol–water partition coefficient (Wildman–Crippen LogP) is 11.8. The summed E-state index contributed by atoms with van der Waals surface area (Å²) in [6.07, 6.45) is -13.9. The van der Waals surface area contributed by atoms with E-state index >= 15 is 8.78 Å². The Morgan fingerprint density at radius 2 is 1.53 bits per heavy atom. The summed E-state index contributed by atoms with van der Waals surface area (Å²) in [5, 5.41) is 27.9. The summed E-state index contributed by atoms with van der Waals surface area (Å²) in [5.74, 6) is -4.54. The molecule has 5 aromatic rings. The number of alkyl halides is 8. The van der Waals surface area contributed by atoms with E-state index in [4.69, 9.17) is 16.3 Å². The van der Waals surface area contributed by atoms with Crippen LogP contribution in [0.1, 0.15) is 99.7 Å². The van der Waals surface area contributed by atoms with E-state index in [0.717, 1.165) is 12.1 Å². The monoisotopic (exact) mass is 1120 g/mol. The average Bonchev–Trinajstić information content (AvgIpc) is 3.98. The lowest BCUT2D eigenvalue weighted by Gasteiger charge is -2.23. The van der Waals surface area contributed by atoms with Crippen LogP contribution in [0, 0.1) is 23.5 Å². The van der Waals surface area contributed by atoms with Crippen LogP contribution in [-0.2, 0) is 57.2 Å². The fourth-order valence-corrected chi connectivity index (χ4v) is 8.81. The highest BCUT2D eigenvalue weighted by Gasteiger charge is 2.50. The fraction of sp³-hybridized carbons (Fsp3) is 0.438. The van der Waals surface area contributed by atoms with Crippen LogP contribution in [-0.4, -0.2) is 88.2 Å². The number of anilines is 1. The first-order chi connectivity index (χ1) is 35.0. The molecule has 6 rings (SSSR count). The van der Waals surface area contributed by atoms with E-state index < -0.39 is 144 Å². The molecule has 0 fully saturated rings. The summed E-state index contributed by atoms with van der Waals surface area (Å²) >= 11 is 8.66. The fourth-order valence-electron chi connectivity index (χ4n) is 7.92. The number of hydrogen-bond donors (Lipinski definition) is 3. The van der Waals surface area contributed by atoms with E-state index in [1.165, 1.54) is 42.3 Å². The highest BCUT2D eigenvalue weighted by Crippen LogP contribution is 2.47. The molecule has 3 aromatic heterocycles. The molecular formula is C48H48ClF10N7O7S2. The third-order valence-corrected chi connectivity index (χ3v) is 13.3. The van der Waals surface area contributed by atoms with Crippen molar-refractivity contribution in [2.24, 2.45) is 0 Å². The molecule has 0 saturated heterocycles. The van der Waals surface area contributed by atoms with Gasteiger partial charge in [-0.1, -0.05) is 37.4 Å². The number of rotatable bonds is 18. The molecule has 1 aliphatic carbocycles. The van der Waals surface area contributed by atoms with Gasteiger partial charge >= 0.3 is 30.4 Å². The van der Waals surface area contributed by atoms with Gasteiger partial charge in [-0.15, -0.1) is 11.8 Å². The van der Waals surface area contributed by atoms with Crippen molar-refractivity contribution in [3.63, 3.8) is 0 Å². The predicted molar refractivity (Wildman–Crippen MR) is 260 cm³/mol. The molecule has 75 heavy (non-hydrogen) atoms. The zero-order chi connectivity index (χ0) is 56.0. The topological polar surface area (TPSA) is 182 Å². The molecule has 1 atom stereocenters. The average molecular weight is 1120 g/mol. The molecule has 3 heterocycles. The Morgan fingerprint density at radius 1 is 0.920 bits per heavy atom. The van der Waals surface area contributed by atoms with Crippen molar-refractivity contribution >= 4 is 76.0 Å². The van der Waals surface area contributed by atoms with Gasteiger partial charge in [0.05, 0.1) is 32.4 Å². The third kappa shape index (κ3) is 15.0. The van der Waals surface area contributed by atoms with Gasteiger partial charge in [0.25, 0.3) is 5.92 Å². The highest BCUT2D eigenvalue weighted by atomic mass is 35.5. The minimum absolute atomic E-state index is 0.0312. The van der Waals surface area contributed by atoms with Gasteiger partial charge in [-0.25, -0.2) is 18.6 Å². The Labute approximate surface area is 436 Å². The normalized spacial score (nSPS) is 13.6. The number of aliphatic carboxylic acids is 2. The second kappa shape index (κ2) is 24.2. The number of ether oxygens (including phenoxy) is 1. The van der Waals surface area contributed by atoms with Crippen LogP contribution in [0.25, 0.3) is 22.0 Å². The van der Waals surface area contributed by atoms with Crippen molar-refractivity contribution in [1.82, 2.24) is 29.9 Å². The van der Waals surface area contributed by atoms with Crippen molar-refractivity contribution < 1.29 is 78.0 Å². The maximum Gasteiger partial charge on any atom is 0.435 e. The number of thioether (sulfide) groups is 1. The summed E-state index contributed by atoms with van der Waals surface area (Å²) < 4.78 is 152. The molecule has 2 aromatic carbocycles. The molecule has 27 heteroatoms. The van der Waals surface area contributed by atoms with Gasteiger partial charge in [0.15, 0.2) is 11.5 Å². The highest BCUT2D eigenvalue weighted by molar-refractivity contribution is 8.00. The van der Waals surface area contributed by atoms with E-state index in [0.29, 0.717) is 27.0 Å². The quantitative estimate of drug-likeness (QED) is 0.0430. The molecule has 0 bridgehead atoms. The molecule has 1 unspecified atom stereocenters. The van der Waals surface area contributed by atoms with Crippen LogP contribution in [0.15, 0.2) is 42.5 Å². The summed E-state index contributed by atoms with van der Waals surface area (Å²) in [6.45, 7) is 4.45. The third-order valence-electron chi connectivity index (χ3n) is 11.2. The van der Waals surface area contributed by atoms with Crippen molar-refractivity contribution in [1.29, 1.82) is 0 Å². The number of halogens is 11. The summed E-state index contributed by atoms with van der Waals surface area (Å²) in [4.78, 5) is 55.4. The first-order valence-electron chi connectivity index (χ1n) is 22.6. The lowest BCUT2D eigenvalue weighted by Crippen LogP contribution is -2.35. The molecule has 406 valence electrons. The van der Waals surface area contributed by atoms with E-state index in [1.807, 2.05) is 13.8 Å². The number of carbonyl (C=O) groups is 4. The lowest BCUT2D eigenvalue weighted by atomic mass is 9.93. The molecule has 0 radical (unpaired) electrons. The largest absolute Gasteiger partial charge is 0.481 e. The lowest BCUT2D eigenvalue weighted by molar-refractivity contribution is -0.143. The van der Waals surface area contributed by atoms with Gasteiger partial charge in [-0.05, 0) is 99.6 Å². The second-order valence-corrected chi connectivity index (χ2v) is 19.6. The van der Waals surface area contributed by atoms with Crippen LogP contribution >= 0.6 is 35.3 Å². The van der Waals surface area contributed by atoms with Crippen molar-refractivity contribution in [3.05, 3.63) is 93.0 Å². The molecule has 0 saturated carbocycles. The number of nitrogens with one attached hydrogen (secondary N) is 1. The number of nitrogens with zero attached hydrogens (tertiary/aromatic N) is 6. The Balaban J connectivity index is 0.00000514. The summed E-state index contributed by atoms with van der Waals surface area (Å²) in [7, 11) is 0. The van der Waals surface area contributed by atoms with Gasteiger partial charge in [0, 0.05) is 48.3 Å². The van der Waals surface area contributed by atoms with Crippen LogP contribution in [0.2, 0.25) is 5.02 Å². The molecule has 1 aliphatic rings. The minimum Gasteiger partial charge on any atom is -0.481 e. The second-order valence-electron chi connectivity index (χ2n) is 17.0. The van der Waals surface area contributed by atoms with Gasteiger partial charge in [0.2, 0.25) is 5.91 Å². The van der Waals surface area contributed by atoms with E-state index in [-0.39, 0.29) is 56.0 Å². The number of carboxylic acids is 2. The number of benzene rings is 2. The van der Waals surface area contributed by atoms with Gasteiger partial charge in [0.1, 0.15) is 42.2 Å². The summed E-state index contributed by atoms with van der Waals surface area (Å²) in [6, 6.07) is 5.74. The van der Waals surface area contributed by atoms with E-state index in [9.17, 15) is 64.5 Å². The molecule has 14 nitrogen and oxygen atoms in total. The first kappa shape index (κ1) is 59.7. The number of aromatic nitrogens is 5. The zero-order valence-corrected chi connectivity index (χ0v) is 43.0. The van der Waals surface area contributed by atoms with Gasteiger partial charge < -0.3 is 20.3 Å². The Bertz CT molecular complexity index is 2970. The van der Waals surface area contributed by atoms with Crippen LogP contribution in [0.5, 0.6) is 0 Å². The Hall–Kier alpha value is -6.20. The van der Waals surface area contributed by atoms with Gasteiger partial charge in [-0.2, -0.15) is 49.6 Å². The Kier molecular flexibility index (Phi) is 19.3. The zero-order valence-electron chi connectivity index (χ0n) is 40.7. The molecule has 3 N–H and O–H groups in total. The van der Waals surface area contributed by atoms with E-state index in [2.05, 4.69) is 32.3 Å². The van der Waals surface area contributed by atoms with Gasteiger partial charge in [-0.3, -0.25) is 23.7 Å². The smallest absolute Gasteiger partial charge is 0.435 e. The number of amides is 2. The maximum absolute atomic E-state index is 15.2. The maximum atomic E-state index is 15.2. The number of hydrogen-bond acceptors (Lipinski definition) is 10. The number of pyridine rings is 1. The molecule has 2 amide bonds. The number of carboxylic acid groups (broad SMARTS) is 2. The van der Waals surface area contributed by atoms with Crippen molar-refractivity contribution in [2.75, 3.05) is 16.8 Å². The number of fused-ring (bicyclic) bond motifs is 2. The van der Waals surface area contributed by atoms with Crippen LogP contribution < -0.4 is 9.62 Å². The SMILES string of the molecule is CC.CSN(C(=O)OC(CCC(=O)O)CCC(=O)O)c1nn(CC(F)(F)F)c2c(-c3ccc(C#CC(C)(C)SC)nc3C(Cc3cc(F)cc(F)c3)NC(=O)Cn3nc(C(F)(F)F)c4c3C(F)(F)CC4)ccc(Cl)c12. The first-order valence-corrected chi connectivity index (χ1v) is 25.4. The molecule has 0 spiro atoms. The van der Waals surface area contributed by atoms with Crippen molar-refractivity contribution in [3.8, 4) is 23.0 Å². The number of carbonyl (C=O) groups excluding carboxylic acids is 2. The standard InChI is InChI=1S/C46H42ClF10N7O7S2.C2H6/c1-43(2,72-3)15-13-26-5-8-28(29-9-10-31(47)36-38(29)63(22-45(52,53)54)61-41(36)64(73-4)42(70)71-27(6-11-34(66)67)7-12-35(68)69)37(58-26)32(19-23-17-24(48)20-25(49)18-23)59-33(65)21-62-40-30(14-16-44(40,50)51)39(60-62)46(55,56)57;1-2/h5,8-10,17-18,20,27,32H,6-7,11-12,14,16,19,21-22H2,1-4H3,(H,59,65)(H,66,67)(H,68,69);1-2H3. The summed E-state index contributed by atoms with van der Waals surface area (Å²) in [5.41, 5.74) is -4.83.